The van der Waals surface area contributed by atoms with Gasteiger partial charge >= 0.3 is 6.03 Å². The number of carbonyl (C=O) groups is 2. The highest BCUT2D eigenvalue weighted by atomic mass is 16.2. The van der Waals surface area contributed by atoms with Crippen molar-refractivity contribution in [3.05, 3.63) is 29.3 Å². The van der Waals surface area contributed by atoms with Gasteiger partial charge in [-0.2, -0.15) is 0 Å². The fraction of sp³-hybridized carbons (Fsp3) is 0.636. The Morgan fingerprint density at radius 3 is 2.39 bits per heavy atom. The van der Waals surface area contributed by atoms with Crippen LogP contribution in [-0.4, -0.2) is 55.1 Å². The minimum absolute atomic E-state index is 0.206. The SMILES string of the molecule is Cc1cccc(N2CCN(C(C)C(=O)NC(=O)NC3CCCCC3)CC2)c1C. The van der Waals surface area contributed by atoms with Crippen LogP contribution in [0.4, 0.5) is 10.5 Å². The van der Waals surface area contributed by atoms with Crippen molar-refractivity contribution >= 4 is 17.6 Å². The average molecular weight is 387 g/mol. The Morgan fingerprint density at radius 2 is 1.71 bits per heavy atom. The molecule has 1 aliphatic heterocycles. The Morgan fingerprint density at radius 1 is 1.04 bits per heavy atom. The highest BCUT2D eigenvalue weighted by Crippen LogP contribution is 2.24. The van der Waals surface area contributed by atoms with Crippen molar-refractivity contribution in [3.8, 4) is 0 Å². The molecule has 3 rings (SSSR count). The molecule has 28 heavy (non-hydrogen) atoms. The number of benzene rings is 1. The monoisotopic (exact) mass is 386 g/mol. The van der Waals surface area contributed by atoms with Crippen LogP contribution in [0.5, 0.6) is 0 Å². The van der Waals surface area contributed by atoms with E-state index in [0.717, 1.165) is 51.9 Å². The second-order valence-corrected chi connectivity index (χ2v) is 8.22. The van der Waals surface area contributed by atoms with Crippen LogP contribution in [0.3, 0.4) is 0 Å². The number of nitrogens with zero attached hydrogens (tertiary/aromatic N) is 2. The highest BCUT2D eigenvalue weighted by molar-refractivity contribution is 5.96. The number of aryl methyl sites for hydroxylation is 1. The standard InChI is InChI=1S/C22H34N4O2/c1-16-8-7-11-20(17(16)2)26-14-12-25(13-15-26)18(3)21(27)24-22(28)23-19-9-5-4-6-10-19/h7-8,11,18-19H,4-6,9-10,12-15H2,1-3H3,(H2,23,24,27,28). The number of hydrogen-bond acceptors (Lipinski definition) is 4. The number of imide groups is 1. The van der Waals surface area contributed by atoms with E-state index in [9.17, 15) is 9.59 Å². The zero-order chi connectivity index (χ0) is 20.1. The maximum Gasteiger partial charge on any atom is 0.321 e. The molecule has 0 bridgehead atoms. The molecule has 2 aliphatic rings. The summed E-state index contributed by atoms with van der Waals surface area (Å²) < 4.78 is 0. The van der Waals surface area contributed by atoms with E-state index in [1.54, 1.807) is 0 Å². The van der Waals surface area contributed by atoms with Crippen LogP contribution >= 0.6 is 0 Å². The van der Waals surface area contributed by atoms with E-state index < -0.39 is 0 Å². The van der Waals surface area contributed by atoms with Gasteiger partial charge in [0.05, 0.1) is 6.04 Å². The van der Waals surface area contributed by atoms with E-state index in [0.29, 0.717) is 0 Å². The molecule has 1 aliphatic carbocycles. The number of anilines is 1. The number of urea groups is 1. The highest BCUT2D eigenvalue weighted by Gasteiger charge is 2.27. The summed E-state index contributed by atoms with van der Waals surface area (Å²) in [5.41, 5.74) is 3.90. The molecule has 1 heterocycles. The molecule has 0 aromatic heterocycles. The van der Waals surface area contributed by atoms with Crippen molar-refractivity contribution in [1.29, 1.82) is 0 Å². The third-order valence-corrected chi connectivity index (χ3v) is 6.34. The van der Waals surface area contributed by atoms with E-state index in [1.807, 2.05) is 6.92 Å². The molecule has 6 nitrogen and oxygen atoms in total. The molecule has 1 saturated carbocycles. The number of piperazine rings is 1. The number of hydrogen-bond donors (Lipinski definition) is 2. The second-order valence-electron chi connectivity index (χ2n) is 8.22. The lowest BCUT2D eigenvalue weighted by Gasteiger charge is -2.39. The summed E-state index contributed by atoms with van der Waals surface area (Å²) in [6.07, 6.45) is 5.57. The summed E-state index contributed by atoms with van der Waals surface area (Å²) in [6.45, 7) is 9.58. The van der Waals surface area contributed by atoms with Crippen LogP contribution in [0, 0.1) is 13.8 Å². The van der Waals surface area contributed by atoms with Gasteiger partial charge < -0.3 is 10.2 Å². The number of nitrogens with one attached hydrogen (secondary N) is 2. The quantitative estimate of drug-likeness (QED) is 0.835. The largest absolute Gasteiger partial charge is 0.369 e. The third kappa shape index (κ3) is 5.04. The van der Waals surface area contributed by atoms with E-state index in [2.05, 4.69) is 52.5 Å². The van der Waals surface area contributed by atoms with Gasteiger partial charge in [-0.3, -0.25) is 15.0 Å². The van der Waals surface area contributed by atoms with Gasteiger partial charge in [-0.15, -0.1) is 0 Å². The number of rotatable bonds is 4. The van der Waals surface area contributed by atoms with E-state index in [4.69, 9.17) is 0 Å². The predicted molar refractivity (Wildman–Crippen MR) is 113 cm³/mol. The average Bonchev–Trinajstić information content (AvgIpc) is 2.70. The number of carbonyl (C=O) groups excluding carboxylic acids is 2. The van der Waals surface area contributed by atoms with Crippen LogP contribution in [-0.2, 0) is 4.79 Å². The molecule has 0 spiro atoms. The Balaban J connectivity index is 1.47. The summed E-state index contributed by atoms with van der Waals surface area (Å²) >= 11 is 0. The first kappa shape index (κ1) is 20.6. The summed E-state index contributed by atoms with van der Waals surface area (Å²) in [4.78, 5) is 29.2. The minimum atomic E-state index is -0.349. The Kier molecular flexibility index (Phi) is 6.94. The topological polar surface area (TPSA) is 64.7 Å². The number of amides is 3. The summed E-state index contributed by atoms with van der Waals surface area (Å²) in [7, 11) is 0. The van der Waals surface area contributed by atoms with Crippen LogP contribution in [0.2, 0.25) is 0 Å². The van der Waals surface area contributed by atoms with Gasteiger partial charge in [-0.1, -0.05) is 31.4 Å². The van der Waals surface area contributed by atoms with Gasteiger partial charge in [-0.05, 0) is 50.8 Å². The fourth-order valence-corrected chi connectivity index (χ4v) is 4.28. The normalized spacial score (nSPS) is 19.9. The van der Waals surface area contributed by atoms with Crippen LogP contribution < -0.4 is 15.5 Å². The summed E-state index contributed by atoms with van der Waals surface area (Å²) in [5, 5.41) is 5.49. The van der Waals surface area contributed by atoms with Gasteiger partial charge in [0, 0.05) is 37.9 Å². The molecular weight excluding hydrogens is 352 g/mol. The molecular formula is C22H34N4O2. The van der Waals surface area contributed by atoms with Gasteiger partial charge in [0.1, 0.15) is 0 Å². The summed E-state index contributed by atoms with van der Waals surface area (Å²) in [6, 6.07) is 5.96. The molecule has 1 aromatic rings. The Hall–Kier alpha value is -2.08. The second kappa shape index (κ2) is 9.41. The Bertz CT molecular complexity index is 692. The fourth-order valence-electron chi connectivity index (χ4n) is 4.28. The minimum Gasteiger partial charge on any atom is -0.369 e. The molecule has 0 radical (unpaired) electrons. The van der Waals surface area contributed by atoms with Crippen molar-refractivity contribution in [3.63, 3.8) is 0 Å². The first-order chi connectivity index (χ1) is 13.5. The lowest BCUT2D eigenvalue weighted by Crippen LogP contribution is -2.56. The maximum atomic E-state index is 12.5. The van der Waals surface area contributed by atoms with Crippen LogP contribution in [0.15, 0.2) is 18.2 Å². The van der Waals surface area contributed by atoms with Crippen molar-refractivity contribution in [2.75, 3.05) is 31.1 Å². The predicted octanol–water partition coefficient (Wildman–Crippen LogP) is 2.97. The molecule has 1 aromatic carbocycles. The maximum absolute atomic E-state index is 12.5. The molecule has 1 atom stereocenters. The first-order valence-corrected chi connectivity index (χ1v) is 10.6. The van der Waals surface area contributed by atoms with E-state index in [1.165, 1.54) is 23.2 Å². The molecule has 6 heteroatoms. The zero-order valence-corrected chi connectivity index (χ0v) is 17.5. The van der Waals surface area contributed by atoms with Gasteiger partial charge in [-0.25, -0.2) is 4.79 Å². The van der Waals surface area contributed by atoms with Crippen molar-refractivity contribution in [2.24, 2.45) is 0 Å². The molecule has 154 valence electrons. The Labute approximate surface area is 168 Å². The molecule has 1 saturated heterocycles. The molecule has 2 fully saturated rings. The van der Waals surface area contributed by atoms with Crippen molar-refractivity contribution < 1.29 is 9.59 Å². The molecule has 1 unspecified atom stereocenters. The molecule has 2 N–H and O–H groups in total. The third-order valence-electron chi connectivity index (χ3n) is 6.34. The zero-order valence-electron chi connectivity index (χ0n) is 17.5. The van der Waals surface area contributed by atoms with Crippen molar-refractivity contribution in [2.45, 2.75) is 65.0 Å². The lowest BCUT2D eigenvalue weighted by molar-refractivity contribution is -0.124. The van der Waals surface area contributed by atoms with Gasteiger partial charge in [0.25, 0.3) is 0 Å². The summed E-state index contributed by atoms with van der Waals surface area (Å²) in [5.74, 6) is -0.214. The van der Waals surface area contributed by atoms with E-state index >= 15 is 0 Å². The van der Waals surface area contributed by atoms with Gasteiger partial charge in [0.2, 0.25) is 5.91 Å². The lowest BCUT2D eigenvalue weighted by atomic mass is 9.96. The first-order valence-electron chi connectivity index (χ1n) is 10.6. The van der Waals surface area contributed by atoms with E-state index in [-0.39, 0.29) is 24.0 Å². The molecule has 3 amide bonds. The smallest absolute Gasteiger partial charge is 0.321 e. The van der Waals surface area contributed by atoms with Crippen LogP contribution in [0.1, 0.15) is 50.2 Å². The van der Waals surface area contributed by atoms with Gasteiger partial charge in [0.15, 0.2) is 0 Å². The van der Waals surface area contributed by atoms with Crippen molar-refractivity contribution in [1.82, 2.24) is 15.5 Å². The van der Waals surface area contributed by atoms with Crippen LogP contribution in [0.25, 0.3) is 0 Å².